The molecule has 1 heterocycles. The number of nitrogens with zero attached hydrogens (tertiary/aromatic N) is 1. The Morgan fingerprint density at radius 3 is 2.78 bits per heavy atom. The first-order chi connectivity index (χ1) is 8.52. The van der Waals surface area contributed by atoms with E-state index in [-0.39, 0.29) is 23.4 Å². The second kappa shape index (κ2) is 4.94. The Hall–Kier alpha value is -1.62. The summed E-state index contributed by atoms with van der Waals surface area (Å²) in [4.78, 5) is 27.8. The molecule has 5 nitrogen and oxygen atoms in total. The summed E-state index contributed by atoms with van der Waals surface area (Å²) in [5.41, 5.74) is -0.975. The highest BCUT2D eigenvalue weighted by molar-refractivity contribution is 5.93. The van der Waals surface area contributed by atoms with E-state index >= 15 is 0 Å². The molecule has 2 rings (SSSR count). The molecule has 0 aliphatic heterocycles. The predicted octanol–water partition coefficient (Wildman–Crippen LogP) is 0.752. The average Bonchev–Trinajstić information content (AvgIpc) is 2.75. The Labute approximate surface area is 105 Å². The number of amides is 1. The molecule has 1 aromatic heterocycles. The van der Waals surface area contributed by atoms with Crippen LogP contribution in [0.4, 0.5) is 0 Å². The summed E-state index contributed by atoms with van der Waals surface area (Å²) in [6.45, 7) is 0.278. The second-order valence-corrected chi connectivity index (χ2v) is 5.01. The van der Waals surface area contributed by atoms with Crippen molar-refractivity contribution in [1.82, 2.24) is 9.88 Å². The number of hydrogen-bond acceptors (Lipinski definition) is 3. The molecule has 1 aliphatic carbocycles. The number of aromatic amines is 1. The lowest BCUT2D eigenvalue weighted by atomic mass is 10.0. The molecule has 5 heteroatoms. The van der Waals surface area contributed by atoms with Gasteiger partial charge in [-0.2, -0.15) is 0 Å². The van der Waals surface area contributed by atoms with Crippen LogP contribution in [0, 0.1) is 0 Å². The van der Waals surface area contributed by atoms with E-state index in [1.807, 2.05) is 0 Å². The lowest BCUT2D eigenvalue weighted by molar-refractivity contribution is 0.0156. The van der Waals surface area contributed by atoms with Gasteiger partial charge in [-0.05, 0) is 12.8 Å². The van der Waals surface area contributed by atoms with Crippen LogP contribution in [-0.2, 0) is 0 Å². The monoisotopic (exact) mass is 250 g/mol. The van der Waals surface area contributed by atoms with Gasteiger partial charge in [-0.15, -0.1) is 0 Å². The maximum Gasteiger partial charge on any atom is 0.259 e. The van der Waals surface area contributed by atoms with Gasteiger partial charge in [-0.3, -0.25) is 9.59 Å². The van der Waals surface area contributed by atoms with Crippen molar-refractivity contribution in [3.63, 3.8) is 0 Å². The number of carbonyl (C=O) groups is 1. The minimum absolute atomic E-state index is 0.113. The first-order valence-corrected chi connectivity index (χ1v) is 6.17. The molecule has 1 saturated carbocycles. The quantitative estimate of drug-likeness (QED) is 0.831. The van der Waals surface area contributed by atoms with E-state index in [1.165, 1.54) is 23.4 Å². The fourth-order valence-corrected chi connectivity index (χ4v) is 2.49. The van der Waals surface area contributed by atoms with E-state index in [2.05, 4.69) is 4.98 Å². The number of aromatic nitrogens is 1. The lowest BCUT2D eigenvalue weighted by Crippen LogP contribution is -2.43. The number of carbonyl (C=O) groups excluding carboxylic acids is 1. The number of pyridine rings is 1. The molecule has 0 unspecified atom stereocenters. The van der Waals surface area contributed by atoms with Gasteiger partial charge in [0.15, 0.2) is 5.43 Å². The molecule has 0 atom stereocenters. The third-order valence-electron chi connectivity index (χ3n) is 3.47. The smallest absolute Gasteiger partial charge is 0.259 e. The molecule has 1 aliphatic rings. The van der Waals surface area contributed by atoms with Crippen LogP contribution in [0.15, 0.2) is 23.3 Å². The number of aliphatic hydroxyl groups is 1. The highest BCUT2D eigenvalue weighted by Crippen LogP contribution is 2.30. The molecular formula is C13H18N2O3. The third-order valence-corrected chi connectivity index (χ3v) is 3.47. The minimum Gasteiger partial charge on any atom is -0.388 e. The van der Waals surface area contributed by atoms with E-state index in [4.69, 9.17) is 0 Å². The SMILES string of the molecule is CN(CC1(O)CCCC1)C(=O)c1c[nH]ccc1=O. The van der Waals surface area contributed by atoms with Gasteiger partial charge < -0.3 is 15.0 Å². The van der Waals surface area contributed by atoms with Crippen molar-refractivity contribution >= 4 is 5.91 Å². The maximum absolute atomic E-state index is 12.1. The van der Waals surface area contributed by atoms with Gasteiger partial charge in [0, 0.05) is 32.1 Å². The summed E-state index contributed by atoms with van der Waals surface area (Å²) < 4.78 is 0. The lowest BCUT2D eigenvalue weighted by Gasteiger charge is -2.28. The summed E-state index contributed by atoms with van der Waals surface area (Å²) >= 11 is 0. The van der Waals surface area contributed by atoms with Gasteiger partial charge in [0.2, 0.25) is 0 Å². The molecule has 0 radical (unpaired) electrons. The summed E-state index contributed by atoms with van der Waals surface area (Å²) in [6, 6.07) is 1.32. The Kier molecular flexibility index (Phi) is 3.52. The number of nitrogens with one attached hydrogen (secondary N) is 1. The molecule has 0 aromatic carbocycles. The molecule has 0 saturated heterocycles. The molecule has 1 fully saturated rings. The number of hydrogen-bond donors (Lipinski definition) is 2. The Balaban J connectivity index is 2.10. The molecule has 0 bridgehead atoms. The van der Waals surface area contributed by atoms with Gasteiger partial charge in [-0.25, -0.2) is 0 Å². The standard InChI is InChI=1S/C13H18N2O3/c1-15(9-13(18)5-2-3-6-13)12(17)10-8-14-7-4-11(10)16/h4,7-8,18H,2-3,5-6,9H2,1H3,(H,14,16). The van der Waals surface area contributed by atoms with Crippen LogP contribution >= 0.6 is 0 Å². The number of H-pyrrole nitrogens is 1. The fraction of sp³-hybridized carbons (Fsp3) is 0.538. The van der Waals surface area contributed by atoms with Crippen molar-refractivity contribution < 1.29 is 9.90 Å². The van der Waals surface area contributed by atoms with Crippen LogP contribution < -0.4 is 5.43 Å². The van der Waals surface area contributed by atoms with Crippen LogP contribution in [0.3, 0.4) is 0 Å². The van der Waals surface area contributed by atoms with Crippen molar-refractivity contribution in [2.24, 2.45) is 0 Å². The summed E-state index contributed by atoms with van der Waals surface area (Å²) in [6.07, 6.45) is 6.31. The zero-order valence-electron chi connectivity index (χ0n) is 10.5. The van der Waals surface area contributed by atoms with Gasteiger partial charge in [0.1, 0.15) is 5.56 Å². The van der Waals surface area contributed by atoms with Gasteiger partial charge >= 0.3 is 0 Å². The molecular weight excluding hydrogens is 232 g/mol. The third kappa shape index (κ3) is 2.61. The van der Waals surface area contributed by atoms with Crippen LogP contribution in [0.25, 0.3) is 0 Å². The zero-order valence-corrected chi connectivity index (χ0v) is 10.5. The second-order valence-electron chi connectivity index (χ2n) is 5.01. The fourth-order valence-electron chi connectivity index (χ4n) is 2.49. The normalized spacial score (nSPS) is 17.7. The van der Waals surface area contributed by atoms with Crippen molar-refractivity contribution in [3.8, 4) is 0 Å². The molecule has 0 spiro atoms. The Morgan fingerprint density at radius 1 is 1.50 bits per heavy atom. The highest BCUT2D eigenvalue weighted by atomic mass is 16.3. The van der Waals surface area contributed by atoms with Crippen molar-refractivity contribution in [2.45, 2.75) is 31.3 Å². The Bertz CT molecular complexity index is 489. The predicted molar refractivity (Wildman–Crippen MR) is 67.4 cm³/mol. The largest absolute Gasteiger partial charge is 0.388 e. The van der Waals surface area contributed by atoms with Gasteiger partial charge in [0.05, 0.1) is 5.60 Å². The molecule has 18 heavy (non-hydrogen) atoms. The molecule has 98 valence electrons. The maximum atomic E-state index is 12.1. The van der Waals surface area contributed by atoms with E-state index in [1.54, 1.807) is 7.05 Å². The zero-order chi connectivity index (χ0) is 13.2. The van der Waals surface area contributed by atoms with E-state index in [0.717, 1.165) is 25.7 Å². The number of rotatable bonds is 3. The van der Waals surface area contributed by atoms with Crippen LogP contribution in [0.5, 0.6) is 0 Å². The van der Waals surface area contributed by atoms with E-state index in [0.29, 0.717) is 0 Å². The molecule has 1 amide bonds. The molecule has 2 N–H and O–H groups in total. The summed E-state index contributed by atoms with van der Waals surface area (Å²) in [5, 5.41) is 10.2. The van der Waals surface area contributed by atoms with Gasteiger partial charge in [0.25, 0.3) is 5.91 Å². The summed E-state index contributed by atoms with van der Waals surface area (Å²) in [7, 11) is 1.62. The van der Waals surface area contributed by atoms with Crippen LogP contribution in [-0.4, -0.2) is 40.1 Å². The first-order valence-electron chi connectivity index (χ1n) is 6.17. The van der Waals surface area contributed by atoms with Crippen molar-refractivity contribution in [2.75, 3.05) is 13.6 Å². The van der Waals surface area contributed by atoms with E-state index < -0.39 is 5.60 Å². The minimum atomic E-state index is -0.786. The Morgan fingerprint density at radius 2 is 2.17 bits per heavy atom. The summed E-state index contributed by atoms with van der Waals surface area (Å²) in [5.74, 6) is -0.350. The molecule has 1 aromatic rings. The van der Waals surface area contributed by atoms with Crippen molar-refractivity contribution in [3.05, 3.63) is 34.2 Å². The van der Waals surface area contributed by atoms with Gasteiger partial charge in [-0.1, -0.05) is 12.8 Å². The highest BCUT2D eigenvalue weighted by Gasteiger charge is 2.33. The van der Waals surface area contributed by atoms with Crippen LogP contribution in [0.2, 0.25) is 0 Å². The van der Waals surface area contributed by atoms with Crippen LogP contribution in [0.1, 0.15) is 36.0 Å². The number of likely N-dealkylation sites (N-methyl/N-ethyl adjacent to an activating group) is 1. The average molecular weight is 250 g/mol. The first kappa shape index (κ1) is 12.8. The van der Waals surface area contributed by atoms with E-state index in [9.17, 15) is 14.7 Å². The topological polar surface area (TPSA) is 73.4 Å². The van der Waals surface area contributed by atoms with Crippen molar-refractivity contribution in [1.29, 1.82) is 0 Å².